The maximum Gasteiger partial charge on any atom is 0.262 e. The summed E-state index contributed by atoms with van der Waals surface area (Å²) in [6, 6.07) is 16.8. The van der Waals surface area contributed by atoms with E-state index in [1.165, 1.54) is 11.8 Å². The molecule has 0 atom stereocenters. The van der Waals surface area contributed by atoms with Gasteiger partial charge in [-0.3, -0.25) is 14.2 Å². The van der Waals surface area contributed by atoms with Gasteiger partial charge in [-0.15, -0.1) is 0 Å². The van der Waals surface area contributed by atoms with Gasteiger partial charge in [0.05, 0.1) is 23.2 Å². The Bertz CT molecular complexity index is 1030. The molecule has 0 aliphatic carbocycles. The van der Waals surface area contributed by atoms with Gasteiger partial charge in [0.15, 0.2) is 5.16 Å². The van der Waals surface area contributed by atoms with Crippen molar-refractivity contribution < 1.29 is 9.53 Å². The lowest BCUT2D eigenvalue weighted by Gasteiger charge is -2.14. The lowest BCUT2D eigenvalue weighted by Crippen LogP contribution is -2.30. The van der Waals surface area contributed by atoms with Crippen LogP contribution in [0.15, 0.2) is 64.5 Å². The molecule has 0 saturated carbocycles. The molecular weight excluding hydrogens is 398 g/mol. The highest BCUT2D eigenvalue weighted by molar-refractivity contribution is 7.99. The van der Waals surface area contributed by atoms with Crippen LogP contribution in [0.3, 0.4) is 0 Å². The lowest BCUT2D eigenvalue weighted by molar-refractivity contribution is -0.118. The highest BCUT2D eigenvalue weighted by Gasteiger charge is 2.13. The number of fused-ring (bicyclic) bond motifs is 1. The molecule has 3 rings (SSSR count). The van der Waals surface area contributed by atoms with Crippen molar-refractivity contribution in [1.29, 1.82) is 0 Å². The van der Waals surface area contributed by atoms with E-state index in [1.807, 2.05) is 48.5 Å². The maximum absolute atomic E-state index is 12.9. The Kier molecular flexibility index (Phi) is 7.90. The zero-order valence-electron chi connectivity index (χ0n) is 17.3. The summed E-state index contributed by atoms with van der Waals surface area (Å²) in [4.78, 5) is 29.8. The van der Waals surface area contributed by atoms with Gasteiger partial charge < -0.3 is 10.1 Å². The van der Waals surface area contributed by atoms with Crippen molar-refractivity contribution in [3.05, 3.63) is 65.0 Å². The van der Waals surface area contributed by atoms with Crippen molar-refractivity contribution in [3.8, 4) is 5.75 Å². The Labute approximate surface area is 180 Å². The van der Waals surface area contributed by atoms with E-state index in [0.29, 0.717) is 41.7 Å². The number of hydrogen-bond donors (Lipinski definition) is 1. The molecule has 1 amide bonds. The SMILES string of the molecule is CC(C)CCn1c(SCC(=O)NCCOc2ccccc2)nc2ccccc2c1=O. The molecule has 1 heterocycles. The number of carbonyl (C=O) groups is 1. The van der Waals surface area contributed by atoms with Crippen molar-refractivity contribution in [3.63, 3.8) is 0 Å². The summed E-state index contributed by atoms with van der Waals surface area (Å²) in [5.74, 6) is 1.32. The first-order valence-electron chi connectivity index (χ1n) is 10.1. The molecule has 7 heteroatoms. The molecule has 0 fully saturated rings. The van der Waals surface area contributed by atoms with Gasteiger partial charge in [-0.25, -0.2) is 4.98 Å². The Morgan fingerprint density at radius 3 is 2.63 bits per heavy atom. The van der Waals surface area contributed by atoms with Crippen LogP contribution in [-0.4, -0.2) is 34.4 Å². The number of hydrogen-bond acceptors (Lipinski definition) is 5. The molecule has 0 radical (unpaired) electrons. The minimum Gasteiger partial charge on any atom is -0.492 e. The monoisotopic (exact) mass is 425 g/mol. The van der Waals surface area contributed by atoms with Crippen LogP contribution < -0.4 is 15.6 Å². The van der Waals surface area contributed by atoms with E-state index in [0.717, 1.165) is 12.2 Å². The molecule has 30 heavy (non-hydrogen) atoms. The maximum atomic E-state index is 12.9. The van der Waals surface area contributed by atoms with Crippen molar-refractivity contribution in [2.24, 2.45) is 5.92 Å². The van der Waals surface area contributed by atoms with E-state index >= 15 is 0 Å². The van der Waals surface area contributed by atoms with Gasteiger partial charge in [-0.2, -0.15) is 0 Å². The lowest BCUT2D eigenvalue weighted by atomic mass is 10.1. The Morgan fingerprint density at radius 2 is 1.87 bits per heavy atom. The first kappa shape index (κ1) is 21.9. The van der Waals surface area contributed by atoms with Crippen LogP contribution >= 0.6 is 11.8 Å². The van der Waals surface area contributed by atoms with Gasteiger partial charge in [0.25, 0.3) is 5.56 Å². The highest BCUT2D eigenvalue weighted by atomic mass is 32.2. The van der Waals surface area contributed by atoms with E-state index in [2.05, 4.69) is 24.1 Å². The van der Waals surface area contributed by atoms with Gasteiger partial charge in [0, 0.05) is 6.54 Å². The number of para-hydroxylation sites is 2. The van der Waals surface area contributed by atoms with Crippen LogP contribution in [0.2, 0.25) is 0 Å². The Hall–Kier alpha value is -2.80. The number of nitrogens with one attached hydrogen (secondary N) is 1. The minimum absolute atomic E-state index is 0.0552. The molecule has 0 bridgehead atoms. The molecule has 0 aliphatic heterocycles. The second kappa shape index (κ2) is 10.8. The second-order valence-corrected chi connectivity index (χ2v) is 8.29. The Morgan fingerprint density at radius 1 is 1.13 bits per heavy atom. The molecule has 0 aliphatic rings. The zero-order valence-corrected chi connectivity index (χ0v) is 18.2. The molecular formula is C23H27N3O3S. The number of aromatic nitrogens is 2. The first-order chi connectivity index (χ1) is 14.5. The molecule has 1 aromatic heterocycles. The van der Waals surface area contributed by atoms with Gasteiger partial charge in [-0.1, -0.05) is 55.9 Å². The molecule has 0 unspecified atom stereocenters. The topological polar surface area (TPSA) is 73.2 Å². The Balaban J connectivity index is 1.60. The van der Waals surface area contributed by atoms with E-state index in [9.17, 15) is 9.59 Å². The van der Waals surface area contributed by atoms with Crippen LogP contribution in [-0.2, 0) is 11.3 Å². The van der Waals surface area contributed by atoms with Crippen molar-refractivity contribution >= 4 is 28.6 Å². The summed E-state index contributed by atoms with van der Waals surface area (Å²) < 4.78 is 7.27. The summed E-state index contributed by atoms with van der Waals surface area (Å²) in [5, 5.41) is 4.03. The molecule has 6 nitrogen and oxygen atoms in total. The zero-order chi connectivity index (χ0) is 21.3. The van der Waals surface area contributed by atoms with E-state index in [-0.39, 0.29) is 17.2 Å². The van der Waals surface area contributed by atoms with Gasteiger partial charge in [0.2, 0.25) is 5.91 Å². The van der Waals surface area contributed by atoms with E-state index in [4.69, 9.17) is 4.74 Å². The number of amides is 1. The van der Waals surface area contributed by atoms with Gasteiger partial charge in [-0.05, 0) is 36.6 Å². The fraction of sp³-hybridized carbons (Fsp3) is 0.348. The summed E-state index contributed by atoms with van der Waals surface area (Å²) >= 11 is 1.29. The van der Waals surface area contributed by atoms with Crippen LogP contribution in [0.25, 0.3) is 10.9 Å². The van der Waals surface area contributed by atoms with E-state index in [1.54, 1.807) is 10.6 Å². The number of carbonyl (C=O) groups excluding carboxylic acids is 1. The number of benzene rings is 2. The average molecular weight is 426 g/mol. The molecule has 3 aromatic rings. The molecule has 0 saturated heterocycles. The van der Waals surface area contributed by atoms with Crippen LogP contribution in [0.1, 0.15) is 20.3 Å². The largest absolute Gasteiger partial charge is 0.492 e. The van der Waals surface area contributed by atoms with Gasteiger partial charge >= 0.3 is 0 Å². The molecule has 1 N–H and O–H groups in total. The number of nitrogens with zero attached hydrogens (tertiary/aromatic N) is 2. The second-order valence-electron chi connectivity index (χ2n) is 7.35. The number of thioether (sulfide) groups is 1. The molecule has 158 valence electrons. The summed E-state index contributed by atoms with van der Waals surface area (Å²) in [6.45, 7) is 5.64. The van der Waals surface area contributed by atoms with Crippen LogP contribution in [0.4, 0.5) is 0 Å². The third-order valence-electron chi connectivity index (χ3n) is 4.53. The van der Waals surface area contributed by atoms with Crippen LogP contribution in [0, 0.1) is 5.92 Å². The number of rotatable bonds is 10. The van der Waals surface area contributed by atoms with Crippen molar-refractivity contribution in [2.75, 3.05) is 18.9 Å². The smallest absolute Gasteiger partial charge is 0.262 e. The number of ether oxygens (including phenoxy) is 1. The van der Waals surface area contributed by atoms with E-state index < -0.39 is 0 Å². The minimum atomic E-state index is -0.116. The highest BCUT2D eigenvalue weighted by Crippen LogP contribution is 2.18. The predicted octanol–water partition coefficient (Wildman–Crippen LogP) is 3.73. The predicted molar refractivity (Wildman–Crippen MR) is 121 cm³/mol. The summed E-state index contributed by atoms with van der Waals surface area (Å²) in [7, 11) is 0. The van der Waals surface area contributed by atoms with Crippen molar-refractivity contribution in [1.82, 2.24) is 14.9 Å². The summed E-state index contributed by atoms with van der Waals surface area (Å²) in [6.07, 6.45) is 0.872. The normalized spacial score (nSPS) is 11.0. The molecule has 2 aromatic carbocycles. The first-order valence-corrected chi connectivity index (χ1v) is 11.1. The van der Waals surface area contributed by atoms with Gasteiger partial charge in [0.1, 0.15) is 12.4 Å². The van der Waals surface area contributed by atoms with Crippen molar-refractivity contribution in [2.45, 2.75) is 32.0 Å². The fourth-order valence-corrected chi connectivity index (χ4v) is 3.75. The quantitative estimate of drug-likeness (QED) is 0.304. The standard InChI is InChI=1S/C23H27N3O3S/c1-17(2)12-14-26-22(28)19-10-6-7-11-20(19)25-23(26)30-16-21(27)24-13-15-29-18-8-4-3-5-9-18/h3-11,17H,12-16H2,1-2H3,(H,24,27). The van der Waals surface area contributed by atoms with Crippen LogP contribution in [0.5, 0.6) is 5.75 Å². The third-order valence-corrected chi connectivity index (χ3v) is 5.50. The summed E-state index contributed by atoms with van der Waals surface area (Å²) in [5.41, 5.74) is 0.600. The average Bonchev–Trinajstić information content (AvgIpc) is 2.75. The third kappa shape index (κ3) is 6.10. The molecule has 0 spiro atoms. The fourth-order valence-electron chi connectivity index (χ4n) is 2.90.